The van der Waals surface area contributed by atoms with Crippen LogP contribution in [0.4, 0.5) is 13.2 Å². The Morgan fingerprint density at radius 3 is 2.55 bits per heavy atom. The summed E-state index contributed by atoms with van der Waals surface area (Å²) in [6.45, 7) is -0.513. The molecule has 1 aromatic heterocycles. The van der Waals surface area contributed by atoms with Gasteiger partial charge in [0.2, 0.25) is 0 Å². The number of aliphatic hydroxyl groups excluding tert-OH is 1. The van der Waals surface area contributed by atoms with Crippen molar-refractivity contribution in [1.82, 2.24) is 5.16 Å². The maximum atomic E-state index is 13.9. The van der Waals surface area contributed by atoms with Gasteiger partial charge in [0.25, 0.3) is 0 Å². The lowest BCUT2D eigenvalue weighted by Crippen LogP contribution is -1.93. The van der Waals surface area contributed by atoms with Gasteiger partial charge in [-0.2, -0.15) is 0 Å². The van der Waals surface area contributed by atoms with E-state index in [1.165, 1.54) is 30.3 Å². The molecule has 0 saturated carbocycles. The topological polar surface area (TPSA) is 46.3 Å². The fourth-order valence-corrected chi connectivity index (χ4v) is 2.21. The highest BCUT2D eigenvalue weighted by molar-refractivity contribution is 5.72. The lowest BCUT2D eigenvalue weighted by Gasteiger charge is -2.03. The van der Waals surface area contributed by atoms with Gasteiger partial charge in [0.05, 0.1) is 17.7 Å². The first kappa shape index (κ1) is 14.3. The van der Waals surface area contributed by atoms with Crippen LogP contribution < -0.4 is 0 Å². The first-order valence-corrected chi connectivity index (χ1v) is 6.41. The third-order valence-corrected chi connectivity index (χ3v) is 3.24. The number of aliphatic hydroxyl groups is 1. The van der Waals surface area contributed by atoms with E-state index in [-0.39, 0.29) is 22.6 Å². The number of hydrogen-bond donors (Lipinski definition) is 1. The zero-order chi connectivity index (χ0) is 15.7. The smallest absolute Gasteiger partial charge is 0.176 e. The number of rotatable bonds is 3. The fraction of sp³-hybridized carbons (Fsp3) is 0.0625. The monoisotopic (exact) mass is 305 g/mol. The van der Waals surface area contributed by atoms with Crippen molar-refractivity contribution in [2.45, 2.75) is 6.61 Å². The van der Waals surface area contributed by atoms with E-state index in [0.29, 0.717) is 5.56 Å². The minimum absolute atomic E-state index is 0.0845. The number of hydrogen-bond acceptors (Lipinski definition) is 3. The highest BCUT2D eigenvalue weighted by Crippen LogP contribution is 2.34. The first-order chi connectivity index (χ1) is 10.6. The van der Waals surface area contributed by atoms with Gasteiger partial charge in [-0.25, -0.2) is 13.2 Å². The molecule has 3 aromatic rings. The number of halogens is 3. The van der Waals surface area contributed by atoms with Gasteiger partial charge < -0.3 is 9.63 Å². The average molecular weight is 305 g/mol. The molecule has 0 aliphatic carbocycles. The van der Waals surface area contributed by atoms with E-state index in [4.69, 9.17) is 4.52 Å². The molecule has 1 heterocycles. The quantitative estimate of drug-likeness (QED) is 0.798. The summed E-state index contributed by atoms with van der Waals surface area (Å²) in [6, 6.07) is 9.13. The molecule has 112 valence electrons. The van der Waals surface area contributed by atoms with E-state index >= 15 is 0 Å². The molecule has 22 heavy (non-hydrogen) atoms. The molecule has 2 aromatic carbocycles. The molecule has 3 rings (SSSR count). The molecular formula is C16H10F3NO2. The van der Waals surface area contributed by atoms with Crippen molar-refractivity contribution in [3.63, 3.8) is 0 Å². The van der Waals surface area contributed by atoms with Crippen molar-refractivity contribution < 1.29 is 22.8 Å². The number of aromatic nitrogens is 1. The average Bonchev–Trinajstić information content (AvgIpc) is 2.93. The molecule has 0 fully saturated rings. The van der Waals surface area contributed by atoms with Gasteiger partial charge in [-0.05, 0) is 24.3 Å². The Balaban J connectivity index is 2.18. The Hall–Kier alpha value is -2.60. The minimum Gasteiger partial charge on any atom is -0.391 e. The molecule has 0 aliphatic rings. The van der Waals surface area contributed by atoms with E-state index in [0.717, 1.165) is 6.07 Å². The molecule has 0 spiro atoms. The molecule has 3 nitrogen and oxygen atoms in total. The lowest BCUT2D eigenvalue weighted by atomic mass is 10.0. The number of nitrogens with zero attached hydrogens (tertiary/aromatic N) is 1. The predicted octanol–water partition coefficient (Wildman–Crippen LogP) is 3.92. The Kier molecular flexibility index (Phi) is 3.68. The summed E-state index contributed by atoms with van der Waals surface area (Å²) in [4.78, 5) is 0. The zero-order valence-corrected chi connectivity index (χ0v) is 11.2. The van der Waals surface area contributed by atoms with Crippen LogP contribution in [0, 0.1) is 17.5 Å². The van der Waals surface area contributed by atoms with Crippen LogP contribution in [0.25, 0.3) is 22.6 Å². The van der Waals surface area contributed by atoms with E-state index in [2.05, 4.69) is 5.16 Å². The van der Waals surface area contributed by atoms with Crippen LogP contribution in [0.5, 0.6) is 0 Å². The Labute approximate surface area is 123 Å². The molecule has 0 unspecified atom stereocenters. The molecular weight excluding hydrogens is 295 g/mol. The van der Waals surface area contributed by atoms with Crippen molar-refractivity contribution >= 4 is 0 Å². The summed E-state index contributed by atoms with van der Waals surface area (Å²) in [7, 11) is 0. The minimum atomic E-state index is -1.10. The van der Waals surface area contributed by atoms with Gasteiger partial charge in [-0.15, -0.1) is 0 Å². The van der Waals surface area contributed by atoms with Crippen LogP contribution in [0.15, 0.2) is 47.0 Å². The second-order valence-electron chi connectivity index (χ2n) is 4.61. The van der Waals surface area contributed by atoms with Gasteiger partial charge in [-0.3, -0.25) is 0 Å². The van der Waals surface area contributed by atoms with Gasteiger partial charge in [0.15, 0.2) is 17.4 Å². The van der Waals surface area contributed by atoms with Crippen molar-refractivity contribution in [2.75, 3.05) is 0 Å². The van der Waals surface area contributed by atoms with Crippen LogP contribution in [0.1, 0.15) is 5.56 Å². The van der Waals surface area contributed by atoms with E-state index in [1.807, 2.05) is 0 Å². The van der Waals surface area contributed by atoms with Crippen LogP contribution in [0.3, 0.4) is 0 Å². The predicted molar refractivity (Wildman–Crippen MR) is 73.2 cm³/mol. The van der Waals surface area contributed by atoms with E-state index in [1.54, 1.807) is 6.07 Å². The first-order valence-electron chi connectivity index (χ1n) is 6.41. The largest absolute Gasteiger partial charge is 0.391 e. The van der Waals surface area contributed by atoms with Crippen LogP contribution in [-0.4, -0.2) is 10.3 Å². The summed E-state index contributed by atoms with van der Waals surface area (Å²) in [5.41, 5.74) is 0.561. The summed E-state index contributed by atoms with van der Waals surface area (Å²) in [6.07, 6.45) is 0. The Morgan fingerprint density at radius 2 is 1.82 bits per heavy atom. The number of benzene rings is 2. The zero-order valence-electron chi connectivity index (χ0n) is 11.2. The molecule has 1 N–H and O–H groups in total. The lowest BCUT2D eigenvalue weighted by molar-refractivity contribution is 0.281. The summed E-state index contributed by atoms with van der Waals surface area (Å²) in [5, 5.41) is 13.3. The second kappa shape index (κ2) is 5.65. The third-order valence-electron chi connectivity index (χ3n) is 3.24. The fourth-order valence-electron chi connectivity index (χ4n) is 2.21. The van der Waals surface area contributed by atoms with Gasteiger partial charge in [0, 0.05) is 5.56 Å². The normalized spacial score (nSPS) is 10.9. The molecule has 0 amide bonds. The third kappa shape index (κ3) is 2.37. The molecule has 6 heteroatoms. The van der Waals surface area contributed by atoms with Gasteiger partial charge >= 0.3 is 0 Å². The second-order valence-corrected chi connectivity index (χ2v) is 4.61. The van der Waals surface area contributed by atoms with E-state index < -0.39 is 24.1 Å². The van der Waals surface area contributed by atoms with Gasteiger partial charge in [0.1, 0.15) is 11.5 Å². The highest BCUT2D eigenvalue weighted by atomic mass is 19.2. The Bertz CT molecular complexity index is 830. The van der Waals surface area contributed by atoms with Crippen molar-refractivity contribution in [2.24, 2.45) is 0 Å². The van der Waals surface area contributed by atoms with Crippen LogP contribution in [0.2, 0.25) is 0 Å². The Morgan fingerprint density at radius 1 is 1.05 bits per heavy atom. The van der Waals surface area contributed by atoms with E-state index in [9.17, 15) is 18.3 Å². The molecule has 0 bridgehead atoms. The molecule has 0 saturated heterocycles. The van der Waals surface area contributed by atoms with Crippen LogP contribution in [-0.2, 0) is 6.61 Å². The highest BCUT2D eigenvalue weighted by Gasteiger charge is 2.22. The van der Waals surface area contributed by atoms with Crippen molar-refractivity contribution in [3.8, 4) is 22.6 Å². The van der Waals surface area contributed by atoms with Crippen LogP contribution >= 0.6 is 0 Å². The summed E-state index contributed by atoms with van der Waals surface area (Å²) >= 11 is 0. The van der Waals surface area contributed by atoms with Gasteiger partial charge in [-0.1, -0.05) is 23.4 Å². The standard InChI is InChI=1S/C16H10F3NO2/c17-10-4-1-3-9(7-10)15-12(8-21)16(22-20-15)11-5-2-6-13(18)14(11)19/h1-7,21H,8H2. The molecule has 0 aliphatic heterocycles. The van der Waals surface area contributed by atoms with Crippen molar-refractivity contribution in [1.29, 1.82) is 0 Å². The maximum absolute atomic E-state index is 13.9. The summed E-state index contributed by atoms with van der Waals surface area (Å²) in [5.74, 6) is -2.70. The maximum Gasteiger partial charge on any atom is 0.176 e. The molecule has 0 radical (unpaired) electrons. The molecule has 0 atom stereocenters. The summed E-state index contributed by atoms with van der Waals surface area (Å²) < 4.78 is 45.6. The van der Waals surface area contributed by atoms with Crippen molar-refractivity contribution in [3.05, 3.63) is 65.5 Å². The SMILES string of the molecule is OCc1c(-c2cccc(F)c2)noc1-c1cccc(F)c1F.